The van der Waals surface area contributed by atoms with Gasteiger partial charge in [-0.05, 0) is 31.4 Å². The van der Waals surface area contributed by atoms with Crippen LogP contribution in [0.4, 0.5) is 4.39 Å². The SMILES string of the molecule is CN(Cc1c(C(=O)O)sc2cccc(F)c12)C1CCSC1. The molecule has 1 aromatic carbocycles. The van der Waals surface area contributed by atoms with Gasteiger partial charge < -0.3 is 5.11 Å². The number of hydrogen-bond donors (Lipinski definition) is 1. The minimum Gasteiger partial charge on any atom is -0.477 e. The van der Waals surface area contributed by atoms with Gasteiger partial charge in [-0.3, -0.25) is 4.90 Å². The summed E-state index contributed by atoms with van der Waals surface area (Å²) in [7, 11) is 1.99. The van der Waals surface area contributed by atoms with Crippen LogP contribution in [0, 0.1) is 5.82 Å². The van der Waals surface area contributed by atoms with Gasteiger partial charge in [-0.1, -0.05) is 6.07 Å². The Balaban J connectivity index is 2.02. The Morgan fingerprint density at radius 2 is 2.33 bits per heavy atom. The van der Waals surface area contributed by atoms with E-state index in [0.717, 1.165) is 29.3 Å². The number of thioether (sulfide) groups is 1. The largest absolute Gasteiger partial charge is 0.477 e. The highest BCUT2D eigenvalue weighted by Crippen LogP contribution is 2.35. The molecule has 1 atom stereocenters. The maximum atomic E-state index is 14.1. The zero-order valence-electron chi connectivity index (χ0n) is 11.6. The smallest absolute Gasteiger partial charge is 0.346 e. The van der Waals surface area contributed by atoms with E-state index in [2.05, 4.69) is 4.90 Å². The number of carboxylic acid groups (broad SMARTS) is 1. The fourth-order valence-electron chi connectivity index (χ4n) is 2.74. The molecule has 21 heavy (non-hydrogen) atoms. The Morgan fingerprint density at radius 3 is 3.00 bits per heavy atom. The Kier molecular flexibility index (Phi) is 4.19. The van der Waals surface area contributed by atoms with Crippen LogP contribution in [0.2, 0.25) is 0 Å². The summed E-state index contributed by atoms with van der Waals surface area (Å²) in [5.41, 5.74) is 0.611. The lowest BCUT2D eigenvalue weighted by molar-refractivity contribution is 0.0700. The van der Waals surface area contributed by atoms with E-state index < -0.39 is 5.97 Å². The van der Waals surface area contributed by atoms with Crippen LogP contribution in [0.3, 0.4) is 0 Å². The van der Waals surface area contributed by atoms with Gasteiger partial charge in [0.2, 0.25) is 0 Å². The van der Waals surface area contributed by atoms with Gasteiger partial charge >= 0.3 is 5.97 Å². The molecule has 1 aromatic heterocycles. The second-order valence-electron chi connectivity index (χ2n) is 5.26. The lowest BCUT2D eigenvalue weighted by atomic mass is 10.1. The van der Waals surface area contributed by atoms with E-state index in [9.17, 15) is 14.3 Å². The normalized spacial score (nSPS) is 18.7. The van der Waals surface area contributed by atoms with Crippen LogP contribution in [0.1, 0.15) is 21.7 Å². The minimum atomic E-state index is -0.972. The highest BCUT2D eigenvalue weighted by molar-refractivity contribution is 7.99. The molecular formula is C15H16FNO2S2. The molecule has 6 heteroatoms. The van der Waals surface area contributed by atoms with Gasteiger partial charge in [0, 0.05) is 34.0 Å². The van der Waals surface area contributed by atoms with Gasteiger partial charge in [0.1, 0.15) is 10.7 Å². The van der Waals surface area contributed by atoms with E-state index >= 15 is 0 Å². The van der Waals surface area contributed by atoms with Crippen LogP contribution in [0.5, 0.6) is 0 Å². The number of aromatic carboxylic acids is 1. The summed E-state index contributed by atoms with van der Waals surface area (Å²) < 4.78 is 14.8. The number of nitrogens with zero attached hydrogens (tertiary/aromatic N) is 1. The van der Waals surface area contributed by atoms with Crippen molar-refractivity contribution in [3.05, 3.63) is 34.5 Å². The molecule has 1 aliphatic rings. The van der Waals surface area contributed by atoms with Crippen molar-refractivity contribution >= 4 is 39.2 Å². The van der Waals surface area contributed by atoms with Crippen molar-refractivity contribution in [3.63, 3.8) is 0 Å². The molecule has 2 heterocycles. The Morgan fingerprint density at radius 1 is 1.52 bits per heavy atom. The Bertz CT molecular complexity index is 680. The van der Waals surface area contributed by atoms with Crippen molar-refractivity contribution < 1.29 is 14.3 Å². The highest BCUT2D eigenvalue weighted by Gasteiger charge is 2.25. The van der Waals surface area contributed by atoms with Crippen LogP contribution >= 0.6 is 23.1 Å². The fourth-order valence-corrected chi connectivity index (χ4v) is 5.10. The molecule has 0 radical (unpaired) electrons. The molecular weight excluding hydrogens is 309 g/mol. The summed E-state index contributed by atoms with van der Waals surface area (Å²) in [6.45, 7) is 0.480. The molecule has 1 aliphatic heterocycles. The van der Waals surface area contributed by atoms with E-state index in [0.29, 0.717) is 28.2 Å². The molecule has 1 N–H and O–H groups in total. The maximum absolute atomic E-state index is 14.1. The van der Waals surface area contributed by atoms with Crippen LogP contribution in [-0.4, -0.2) is 40.6 Å². The first-order valence-corrected chi connectivity index (χ1v) is 8.76. The molecule has 112 valence electrons. The molecule has 3 rings (SSSR count). The number of thiophene rings is 1. The summed E-state index contributed by atoms with van der Waals surface area (Å²) in [4.78, 5) is 13.9. The predicted octanol–water partition coefficient (Wildman–Crippen LogP) is 3.68. The third kappa shape index (κ3) is 2.80. The fraction of sp³-hybridized carbons (Fsp3) is 0.400. The van der Waals surface area contributed by atoms with E-state index in [1.54, 1.807) is 12.1 Å². The highest BCUT2D eigenvalue weighted by atomic mass is 32.2. The summed E-state index contributed by atoms with van der Waals surface area (Å²) in [5.74, 6) is 0.892. The van der Waals surface area contributed by atoms with Gasteiger partial charge in [-0.2, -0.15) is 11.8 Å². The minimum absolute atomic E-state index is 0.257. The van der Waals surface area contributed by atoms with Gasteiger partial charge in [0.15, 0.2) is 0 Å². The van der Waals surface area contributed by atoms with Crippen molar-refractivity contribution in [2.75, 3.05) is 18.6 Å². The summed E-state index contributed by atoms with van der Waals surface area (Å²) >= 11 is 3.07. The molecule has 1 unspecified atom stereocenters. The van der Waals surface area contributed by atoms with E-state index in [1.165, 1.54) is 6.07 Å². The standard InChI is InChI=1S/C15H16FNO2S2/c1-17(9-5-6-20-8-9)7-10-13-11(16)3-2-4-12(13)21-14(10)15(18)19/h2-4,9H,5-8H2,1H3,(H,18,19). The van der Waals surface area contributed by atoms with Crippen LogP contribution in [0.25, 0.3) is 10.1 Å². The number of halogens is 1. The van der Waals surface area contributed by atoms with Crippen LogP contribution in [0.15, 0.2) is 18.2 Å². The lowest BCUT2D eigenvalue weighted by Gasteiger charge is -2.23. The number of fused-ring (bicyclic) bond motifs is 1. The van der Waals surface area contributed by atoms with Crippen LogP contribution < -0.4 is 0 Å². The first-order valence-electron chi connectivity index (χ1n) is 6.79. The van der Waals surface area contributed by atoms with Crippen molar-refractivity contribution in [2.45, 2.75) is 19.0 Å². The van der Waals surface area contributed by atoms with Gasteiger partial charge in [0.25, 0.3) is 0 Å². The number of carboxylic acids is 1. The van der Waals surface area contributed by atoms with E-state index in [4.69, 9.17) is 0 Å². The predicted molar refractivity (Wildman–Crippen MR) is 85.9 cm³/mol. The number of hydrogen-bond acceptors (Lipinski definition) is 4. The topological polar surface area (TPSA) is 40.5 Å². The quantitative estimate of drug-likeness (QED) is 0.931. The number of rotatable bonds is 4. The van der Waals surface area contributed by atoms with Gasteiger partial charge in [-0.15, -0.1) is 11.3 Å². The third-order valence-corrected chi connectivity index (χ3v) is 6.22. The zero-order valence-corrected chi connectivity index (χ0v) is 13.3. The maximum Gasteiger partial charge on any atom is 0.346 e. The molecule has 0 spiro atoms. The molecule has 0 aliphatic carbocycles. The first-order chi connectivity index (χ1) is 10.1. The molecule has 1 saturated heterocycles. The van der Waals surface area contributed by atoms with Gasteiger partial charge in [-0.25, -0.2) is 9.18 Å². The number of benzene rings is 1. The first kappa shape index (κ1) is 14.8. The average Bonchev–Trinajstić information content (AvgIpc) is 3.07. The molecule has 0 bridgehead atoms. The van der Waals surface area contributed by atoms with Crippen molar-refractivity contribution in [3.8, 4) is 0 Å². The number of carbonyl (C=O) groups is 1. The third-order valence-electron chi connectivity index (χ3n) is 3.89. The zero-order chi connectivity index (χ0) is 15.0. The molecule has 1 fully saturated rings. The monoisotopic (exact) mass is 325 g/mol. The second-order valence-corrected chi connectivity index (χ2v) is 7.46. The van der Waals surface area contributed by atoms with Crippen molar-refractivity contribution in [1.82, 2.24) is 4.90 Å². The van der Waals surface area contributed by atoms with E-state index in [1.807, 2.05) is 18.8 Å². The summed E-state index contributed by atoms with van der Waals surface area (Å²) in [6.07, 6.45) is 1.11. The average molecular weight is 325 g/mol. The van der Waals surface area contributed by atoms with Gasteiger partial charge in [0.05, 0.1) is 0 Å². The lowest BCUT2D eigenvalue weighted by Crippen LogP contribution is -2.31. The van der Waals surface area contributed by atoms with Crippen molar-refractivity contribution in [1.29, 1.82) is 0 Å². The summed E-state index contributed by atoms with van der Waals surface area (Å²) in [5, 5.41) is 9.87. The molecule has 0 saturated carbocycles. The van der Waals surface area contributed by atoms with Crippen molar-refractivity contribution in [2.24, 2.45) is 0 Å². The second kappa shape index (κ2) is 5.94. The summed E-state index contributed by atoms with van der Waals surface area (Å²) in [6, 6.07) is 5.25. The molecule has 0 amide bonds. The Labute approximate surface area is 130 Å². The van der Waals surface area contributed by atoms with Crippen LogP contribution in [-0.2, 0) is 6.54 Å². The van der Waals surface area contributed by atoms with E-state index in [-0.39, 0.29) is 10.7 Å². The Hall–Kier alpha value is -1.11. The molecule has 2 aromatic rings. The molecule has 3 nitrogen and oxygen atoms in total.